The number of aromatic nitrogens is 2. The first kappa shape index (κ1) is 28.5. The molecule has 194 valence electrons. The number of carbonyl (C=O) groups is 1. The van der Waals surface area contributed by atoms with Crippen molar-refractivity contribution in [1.82, 2.24) is 9.55 Å². The predicted molar refractivity (Wildman–Crippen MR) is 128 cm³/mol. The number of aliphatic hydroxyl groups is 1. The molecule has 0 saturated carbocycles. The predicted octanol–water partition coefficient (Wildman–Crippen LogP) is 3.68. The molecule has 0 bridgehead atoms. The van der Waals surface area contributed by atoms with Gasteiger partial charge < -0.3 is 20.0 Å². The number of Topliss-reactive ketones (excluding diaryl/α,β-unsaturated/α-hetero) is 1. The van der Waals surface area contributed by atoms with E-state index in [4.69, 9.17) is 14.9 Å². The van der Waals surface area contributed by atoms with E-state index in [1.807, 2.05) is 47.7 Å². The lowest BCUT2D eigenvalue weighted by molar-refractivity contribution is -0.220. The van der Waals surface area contributed by atoms with E-state index in [9.17, 15) is 14.7 Å². The van der Waals surface area contributed by atoms with Crippen molar-refractivity contribution in [3.8, 4) is 0 Å². The lowest BCUT2D eigenvalue weighted by Crippen LogP contribution is -2.61. The van der Waals surface area contributed by atoms with Crippen LogP contribution >= 0.6 is 0 Å². The van der Waals surface area contributed by atoms with Crippen LogP contribution in [0.25, 0.3) is 0 Å². The number of carbonyl (C=O) groups excluding carboxylic acids is 1. The van der Waals surface area contributed by atoms with Crippen LogP contribution in [0.2, 0.25) is 18.1 Å². The molecular formula is C23H39F2N3O5Si. The van der Waals surface area contributed by atoms with Gasteiger partial charge in [-0.15, -0.1) is 0 Å². The fraction of sp³-hybridized carbons (Fsp3) is 0.783. The Labute approximate surface area is 201 Å². The number of ether oxygens (including phenoxy) is 1. The highest BCUT2D eigenvalue weighted by Crippen LogP contribution is 2.50. The van der Waals surface area contributed by atoms with E-state index in [-0.39, 0.29) is 17.5 Å². The Kier molecular flexibility index (Phi) is 8.50. The van der Waals surface area contributed by atoms with Crippen LogP contribution in [0.1, 0.15) is 60.3 Å². The second-order valence-corrected chi connectivity index (χ2v) is 15.4. The van der Waals surface area contributed by atoms with Crippen molar-refractivity contribution >= 4 is 19.9 Å². The van der Waals surface area contributed by atoms with Crippen molar-refractivity contribution in [3.05, 3.63) is 22.7 Å². The first-order valence-corrected chi connectivity index (χ1v) is 14.7. The Bertz CT molecular complexity index is 928. The summed E-state index contributed by atoms with van der Waals surface area (Å²) in [6.45, 7) is 13.2. The average molecular weight is 504 g/mol. The molecule has 1 fully saturated rings. The zero-order valence-corrected chi connectivity index (χ0v) is 22.2. The highest BCUT2D eigenvalue weighted by Gasteiger charge is 2.74. The first-order valence-electron chi connectivity index (χ1n) is 11.8. The SMILES string of the molecule is CCCC(CCC)C(=O)[C@@]1(n2ccc(N)nc2=O)O[C@H](CO[Si](C)(C)C(C)(C)C)[C@@H](O)C1(F)F. The van der Waals surface area contributed by atoms with Gasteiger partial charge in [0.25, 0.3) is 5.72 Å². The molecule has 0 spiro atoms. The van der Waals surface area contributed by atoms with E-state index in [0.29, 0.717) is 30.3 Å². The van der Waals surface area contributed by atoms with Crippen molar-refractivity contribution < 1.29 is 27.8 Å². The Morgan fingerprint density at radius 1 is 1.32 bits per heavy atom. The highest BCUT2D eigenvalue weighted by molar-refractivity contribution is 6.74. The largest absolute Gasteiger partial charge is 0.414 e. The maximum absolute atomic E-state index is 16.0. The molecule has 1 aromatic heterocycles. The van der Waals surface area contributed by atoms with Crippen LogP contribution in [0.5, 0.6) is 0 Å². The van der Waals surface area contributed by atoms with Crippen LogP contribution in [0.3, 0.4) is 0 Å². The van der Waals surface area contributed by atoms with Crippen molar-refractivity contribution in [2.45, 2.75) is 102 Å². The van der Waals surface area contributed by atoms with Gasteiger partial charge in [-0.1, -0.05) is 47.5 Å². The fourth-order valence-corrected chi connectivity index (χ4v) is 5.04. The number of nitrogens with zero attached hydrogens (tertiary/aromatic N) is 2. The fourth-order valence-electron chi connectivity index (χ4n) is 4.02. The minimum absolute atomic E-state index is 0.179. The van der Waals surface area contributed by atoms with Crippen LogP contribution in [0, 0.1) is 5.92 Å². The number of nitrogen functional groups attached to an aromatic ring is 1. The summed E-state index contributed by atoms with van der Waals surface area (Å²) in [4.78, 5) is 30.1. The van der Waals surface area contributed by atoms with E-state index < -0.39 is 49.6 Å². The van der Waals surface area contributed by atoms with Gasteiger partial charge in [0, 0.05) is 12.1 Å². The van der Waals surface area contributed by atoms with Crippen LogP contribution in [-0.2, 0) is 19.7 Å². The van der Waals surface area contributed by atoms with Gasteiger partial charge in [-0.2, -0.15) is 13.8 Å². The Balaban J connectivity index is 2.62. The Morgan fingerprint density at radius 2 is 1.88 bits per heavy atom. The third kappa shape index (κ3) is 4.98. The van der Waals surface area contributed by atoms with E-state index in [2.05, 4.69) is 4.98 Å². The summed E-state index contributed by atoms with van der Waals surface area (Å²) in [6, 6.07) is 1.15. The van der Waals surface area contributed by atoms with Crippen molar-refractivity contribution in [1.29, 1.82) is 0 Å². The number of aliphatic hydroxyl groups excluding tert-OH is 1. The molecule has 34 heavy (non-hydrogen) atoms. The molecule has 2 heterocycles. The van der Waals surface area contributed by atoms with Crippen LogP contribution in [0.15, 0.2) is 17.1 Å². The van der Waals surface area contributed by atoms with Crippen LogP contribution in [0.4, 0.5) is 14.6 Å². The maximum atomic E-state index is 16.0. The van der Waals surface area contributed by atoms with Crippen molar-refractivity contribution in [2.24, 2.45) is 5.92 Å². The van der Waals surface area contributed by atoms with E-state index in [1.54, 1.807) is 0 Å². The molecule has 1 saturated heterocycles. The number of alkyl halides is 2. The summed E-state index contributed by atoms with van der Waals surface area (Å²) >= 11 is 0. The van der Waals surface area contributed by atoms with Gasteiger partial charge in [0.05, 0.1) is 6.61 Å². The zero-order chi connectivity index (χ0) is 26.1. The Morgan fingerprint density at radius 3 is 2.35 bits per heavy atom. The van der Waals surface area contributed by atoms with E-state index in [0.717, 1.165) is 12.3 Å². The molecule has 1 aromatic rings. The standard InChI is InChI=1S/C23H39F2N3O5Si/c1-8-10-15(11-9-2)18(29)23(28-13-12-17(26)27-20(28)31)22(24,25)19(30)16(33-23)14-32-34(6,7)21(3,4)5/h12-13,15-16,19,30H,8-11,14H2,1-7H3,(H2,26,27,31)/t16-,19-,23-/m1/s1. The number of anilines is 1. The number of hydrogen-bond acceptors (Lipinski definition) is 7. The quantitative estimate of drug-likeness (QED) is 0.468. The number of rotatable bonds is 10. The first-order chi connectivity index (χ1) is 15.6. The third-order valence-corrected chi connectivity index (χ3v) is 11.6. The van der Waals surface area contributed by atoms with E-state index in [1.165, 1.54) is 0 Å². The van der Waals surface area contributed by atoms with Gasteiger partial charge in [0.15, 0.2) is 20.2 Å². The summed E-state index contributed by atoms with van der Waals surface area (Å²) in [6.07, 6.45) is -1.08. The smallest absolute Gasteiger partial charge is 0.352 e. The maximum Gasteiger partial charge on any atom is 0.352 e. The van der Waals surface area contributed by atoms with E-state index >= 15 is 8.78 Å². The molecule has 0 aliphatic carbocycles. The number of ketones is 1. The minimum Gasteiger partial charge on any atom is -0.414 e. The second kappa shape index (κ2) is 10.1. The molecule has 0 unspecified atom stereocenters. The van der Waals surface area contributed by atoms with Crippen molar-refractivity contribution in [2.75, 3.05) is 12.3 Å². The summed E-state index contributed by atoms with van der Waals surface area (Å²) in [7, 11) is -2.39. The molecule has 0 amide bonds. The lowest BCUT2D eigenvalue weighted by Gasteiger charge is -2.37. The summed E-state index contributed by atoms with van der Waals surface area (Å²) < 4.78 is 44.2. The topological polar surface area (TPSA) is 117 Å². The average Bonchev–Trinajstić information content (AvgIpc) is 2.92. The van der Waals surface area contributed by atoms with Gasteiger partial charge in [0.1, 0.15) is 11.9 Å². The van der Waals surface area contributed by atoms with Gasteiger partial charge in [-0.05, 0) is 37.0 Å². The third-order valence-electron chi connectivity index (χ3n) is 7.06. The monoisotopic (exact) mass is 503 g/mol. The molecule has 2 rings (SSSR count). The Hall–Kier alpha value is -1.69. The molecule has 3 atom stereocenters. The molecule has 1 aliphatic rings. The van der Waals surface area contributed by atoms with Gasteiger partial charge in [-0.3, -0.25) is 9.36 Å². The lowest BCUT2D eigenvalue weighted by atomic mass is 9.84. The second-order valence-electron chi connectivity index (χ2n) is 10.6. The van der Waals surface area contributed by atoms with Crippen molar-refractivity contribution in [3.63, 3.8) is 0 Å². The normalized spacial score (nSPS) is 25.1. The number of halogens is 2. The van der Waals surface area contributed by atoms with Gasteiger partial charge in [0.2, 0.25) is 0 Å². The zero-order valence-electron chi connectivity index (χ0n) is 21.2. The molecule has 1 aliphatic heterocycles. The minimum atomic E-state index is -4.12. The highest BCUT2D eigenvalue weighted by atomic mass is 28.4. The van der Waals surface area contributed by atoms with Crippen LogP contribution < -0.4 is 11.4 Å². The molecule has 0 radical (unpaired) electrons. The summed E-state index contributed by atoms with van der Waals surface area (Å²) in [5.74, 6) is -6.05. The summed E-state index contributed by atoms with van der Waals surface area (Å²) in [5, 5.41) is 10.5. The molecule has 8 nitrogen and oxygen atoms in total. The molecule has 11 heteroatoms. The van der Waals surface area contributed by atoms with Crippen LogP contribution in [-0.4, -0.2) is 53.5 Å². The summed E-state index contributed by atoms with van der Waals surface area (Å²) in [5.41, 5.74) is 1.35. The molecule has 0 aromatic carbocycles. The molecule has 3 N–H and O–H groups in total. The van der Waals surface area contributed by atoms with Gasteiger partial charge in [-0.25, -0.2) is 4.79 Å². The van der Waals surface area contributed by atoms with Gasteiger partial charge >= 0.3 is 11.6 Å². The number of hydrogen-bond donors (Lipinski definition) is 2. The molecular weight excluding hydrogens is 464 g/mol. The number of nitrogens with two attached hydrogens (primary N) is 1.